The third kappa shape index (κ3) is 12.2. The second-order valence-electron chi connectivity index (χ2n) is 7.60. The maximum absolute atomic E-state index is 8.00. The third-order valence-corrected chi connectivity index (χ3v) is 5.40. The van der Waals surface area contributed by atoms with Crippen molar-refractivity contribution >= 4 is 37.4 Å². The molecule has 10 heteroatoms. The van der Waals surface area contributed by atoms with Crippen molar-refractivity contribution in [1.29, 1.82) is 5.41 Å². The molecule has 37 heavy (non-hydrogen) atoms. The summed E-state index contributed by atoms with van der Waals surface area (Å²) in [7, 11) is 1.95. The van der Waals surface area contributed by atoms with E-state index in [1.165, 1.54) is 28.6 Å². The molecular formula is C27H38N6O3S. The number of fused-ring (bicyclic) bond motifs is 1. The van der Waals surface area contributed by atoms with Gasteiger partial charge in [-0.3, -0.25) is 10.3 Å². The highest BCUT2D eigenvalue weighted by molar-refractivity contribution is 7.97. The van der Waals surface area contributed by atoms with Crippen LogP contribution in [0.5, 0.6) is 11.5 Å². The van der Waals surface area contributed by atoms with E-state index in [0.717, 1.165) is 62.3 Å². The molecule has 0 aromatic heterocycles. The predicted molar refractivity (Wildman–Crippen MR) is 156 cm³/mol. The van der Waals surface area contributed by atoms with Crippen LogP contribution in [0.4, 0.5) is 0 Å². The van der Waals surface area contributed by atoms with Crippen LogP contribution >= 0.6 is 11.9 Å². The lowest BCUT2D eigenvalue weighted by Gasteiger charge is -2.20. The van der Waals surface area contributed by atoms with Crippen LogP contribution in [-0.2, 0) is 11.2 Å². The largest absolute Gasteiger partial charge is 0.454 e. The Kier molecular flexibility index (Phi) is 16.6. The van der Waals surface area contributed by atoms with Crippen LogP contribution in [0, 0.1) is 5.41 Å². The van der Waals surface area contributed by atoms with Gasteiger partial charge < -0.3 is 24.5 Å². The summed E-state index contributed by atoms with van der Waals surface area (Å²) in [6.45, 7) is 12.8. The molecule has 2 aliphatic heterocycles. The lowest BCUT2D eigenvalue weighted by atomic mass is 10.1. The van der Waals surface area contributed by atoms with Gasteiger partial charge in [0.05, 0.1) is 12.7 Å². The number of guanidine groups is 1. The highest BCUT2D eigenvalue weighted by Gasteiger charge is 2.12. The first kappa shape index (κ1) is 31.4. The molecule has 200 valence electrons. The normalized spacial score (nSPS) is 16.5. The number of aliphatic imine (C=N–C) groups is 1. The number of nitrogens with one attached hydrogen (secondary N) is 2. The van der Waals surface area contributed by atoms with Crippen molar-refractivity contribution in [1.82, 2.24) is 15.1 Å². The van der Waals surface area contributed by atoms with Crippen LogP contribution in [-0.4, -0.2) is 75.0 Å². The topological polar surface area (TPSA) is 103 Å². The first-order valence-corrected chi connectivity index (χ1v) is 12.9. The van der Waals surface area contributed by atoms with E-state index in [1.54, 1.807) is 6.34 Å². The minimum absolute atomic E-state index is 0.352. The zero-order valence-corrected chi connectivity index (χ0v) is 22.6. The number of hydrogen-bond donors (Lipinski definition) is 2. The van der Waals surface area contributed by atoms with E-state index in [-0.39, 0.29) is 0 Å². The molecule has 0 spiro atoms. The smallest absolute Gasteiger partial charge is 0.243 e. The van der Waals surface area contributed by atoms with Crippen LogP contribution in [0.25, 0.3) is 0 Å². The molecular weight excluding hydrogens is 488 g/mol. The molecule has 0 amide bonds. The Balaban J connectivity index is 0.000000385. The second kappa shape index (κ2) is 19.5. The highest BCUT2D eigenvalue weighted by Crippen LogP contribution is 2.32. The number of carbonyl (C=O) groups is 1. The Bertz CT molecular complexity index is 969. The van der Waals surface area contributed by atoms with Gasteiger partial charge in [-0.15, -0.1) is 0 Å². The SMILES string of the molecule is C=CN(C=N)C(=N/SC)/N=C/N1CC/C=C\C=C/C(=C)CC1.C=O.CNCCc1ccc2c(c1)OCO2. The highest BCUT2D eigenvalue weighted by atomic mass is 32.2. The summed E-state index contributed by atoms with van der Waals surface area (Å²) in [4.78, 5) is 16.0. The van der Waals surface area contributed by atoms with Gasteiger partial charge in [0.15, 0.2) is 11.5 Å². The Labute approximate surface area is 225 Å². The number of carbonyl (C=O) groups excluding carboxylic acids is 1. The number of ether oxygens (including phenoxy) is 2. The molecule has 3 rings (SSSR count). The maximum Gasteiger partial charge on any atom is 0.243 e. The Hall–Kier alpha value is -3.63. The van der Waals surface area contributed by atoms with Crippen LogP contribution < -0.4 is 14.8 Å². The van der Waals surface area contributed by atoms with E-state index in [2.05, 4.69) is 44.9 Å². The molecule has 2 heterocycles. The Morgan fingerprint density at radius 3 is 2.76 bits per heavy atom. The van der Waals surface area contributed by atoms with Gasteiger partial charge in [-0.1, -0.05) is 49.1 Å². The molecule has 0 unspecified atom stereocenters. The molecule has 1 aromatic rings. The lowest BCUT2D eigenvalue weighted by molar-refractivity contribution is -0.0980. The van der Waals surface area contributed by atoms with Crippen LogP contribution in [0.15, 0.2) is 76.8 Å². The number of hydrogen-bond acceptors (Lipinski definition) is 7. The maximum atomic E-state index is 8.00. The average Bonchev–Trinajstić information content (AvgIpc) is 3.40. The molecule has 2 aliphatic rings. The fourth-order valence-electron chi connectivity index (χ4n) is 3.11. The van der Waals surface area contributed by atoms with Crippen molar-refractivity contribution in [2.45, 2.75) is 19.3 Å². The van der Waals surface area contributed by atoms with Gasteiger partial charge in [0.2, 0.25) is 12.8 Å². The van der Waals surface area contributed by atoms with Crippen LogP contribution in [0.1, 0.15) is 18.4 Å². The van der Waals surface area contributed by atoms with Crippen molar-refractivity contribution in [3.8, 4) is 11.5 Å². The molecule has 9 nitrogen and oxygen atoms in total. The summed E-state index contributed by atoms with van der Waals surface area (Å²) < 4.78 is 14.7. The average molecular weight is 527 g/mol. The van der Waals surface area contributed by atoms with Crippen molar-refractivity contribution in [2.75, 3.05) is 39.7 Å². The summed E-state index contributed by atoms with van der Waals surface area (Å²) in [6.07, 6.45) is 17.4. The summed E-state index contributed by atoms with van der Waals surface area (Å²) in [6, 6.07) is 6.08. The van der Waals surface area contributed by atoms with E-state index in [1.807, 2.05) is 50.5 Å². The summed E-state index contributed by atoms with van der Waals surface area (Å²) in [5, 5.41) is 10.5. The number of allylic oxidation sites excluding steroid dienone is 3. The molecule has 1 aromatic carbocycles. The molecule has 0 bridgehead atoms. The summed E-state index contributed by atoms with van der Waals surface area (Å²) >= 11 is 1.30. The standard InChI is InChI=1S/C16H23N5S.C10H13NO2.CH2O/c1-4-21(13-17)16(19-22-3)18-14-20-11-8-6-5-7-9-15(2)10-12-20;1-11-5-4-8-2-3-9-10(6-8)13-7-12-9;1-2/h4-7,9,13-14,17H,1-2,8,10-12H2,3H3;2-3,6,11H,4-5,7H2,1H3;1H2/b6-5-,9-7-,17-13?,18-14+,19-16+;;. The second-order valence-corrected chi connectivity index (χ2v) is 8.15. The van der Waals surface area contributed by atoms with Crippen molar-refractivity contribution in [3.63, 3.8) is 0 Å². The minimum Gasteiger partial charge on any atom is -0.454 e. The van der Waals surface area contributed by atoms with E-state index < -0.39 is 0 Å². The van der Waals surface area contributed by atoms with Gasteiger partial charge >= 0.3 is 0 Å². The third-order valence-electron chi connectivity index (χ3n) is 5.06. The molecule has 0 aliphatic carbocycles. The molecule has 0 saturated carbocycles. The Morgan fingerprint density at radius 1 is 1.27 bits per heavy atom. The van der Waals surface area contributed by atoms with Gasteiger partial charge in [0.25, 0.3) is 0 Å². The summed E-state index contributed by atoms with van der Waals surface area (Å²) in [5.74, 6) is 2.16. The van der Waals surface area contributed by atoms with Gasteiger partial charge in [-0.25, -0.2) is 4.99 Å². The van der Waals surface area contributed by atoms with E-state index in [4.69, 9.17) is 19.7 Å². The van der Waals surface area contributed by atoms with Crippen molar-refractivity contribution < 1.29 is 14.3 Å². The van der Waals surface area contributed by atoms with Gasteiger partial charge in [0.1, 0.15) is 6.79 Å². The lowest BCUT2D eigenvalue weighted by Crippen LogP contribution is -2.27. The predicted octanol–water partition coefficient (Wildman–Crippen LogP) is 4.46. The number of rotatable bonds is 7. The Morgan fingerprint density at radius 2 is 2.05 bits per heavy atom. The zero-order valence-electron chi connectivity index (χ0n) is 21.8. The first-order chi connectivity index (χ1) is 18.1. The zero-order chi connectivity index (χ0) is 27.3. The van der Waals surface area contributed by atoms with E-state index in [9.17, 15) is 0 Å². The van der Waals surface area contributed by atoms with Crippen LogP contribution in [0.3, 0.4) is 0 Å². The molecule has 0 saturated heterocycles. The van der Waals surface area contributed by atoms with Gasteiger partial charge in [-0.2, -0.15) is 4.40 Å². The quantitative estimate of drug-likeness (QED) is 0.307. The molecule has 0 radical (unpaired) electrons. The minimum atomic E-state index is 0.352. The van der Waals surface area contributed by atoms with Gasteiger partial charge in [-0.05, 0) is 62.5 Å². The molecule has 0 fully saturated rings. The van der Waals surface area contributed by atoms with Crippen molar-refractivity contribution in [3.05, 3.63) is 73.0 Å². The number of nitrogens with zero attached hydrogens (tertiary/aromatic N) is 4. The fourth-order valence-corrected chi connectivity index (χ4v) is 3.42. The first-order valence-electron chi connectivity index (χ1n) is 11.7. The molecule has 0 atom stereocenters. The summed E-state index contributed by atoms with van der Waals surface area (Å²) in [5.41, 5.74) is 2.37. The van der Waals surface area contributed by atoms with E-state index in [0.29, 0.717) is 12.8 Å². The van der Waals surface area contributed by atoms with Crippen LogP contribution in [0.2, 0.25) is 0 Å². The van der Waals surface area contributed by atoms with Gasteiger partial charge in [0, 0.05) is 25.5 Å². The fraction of sp³-hybridized carbons (Fsp3) is 0.333. The molecule has 2 N–H and O–H groups in total. The number of benzene rings is 1. The van der Waals surface area contributed by atoms with Crippen molar-refractivity contribution in [2.24, 2.45) is 9.39 Å². The van der Waals surface area contributed by atoms with E-state index >= 15 is 0 Å². The monoisotopic (exact) mass is 526 g/mol. The number of likely N-dealkylation sites (N-methyl/N-ethyl adjacent to an activating group) is 1.